The van der Waals surface area contributed by atoms with Crippen LogP contribution in [0, 0.1) is 0 Å². The molecule has 0 spiro atoms. The Kier molecular flexibility index (Phi) is 48.0. The van der Waals surface area contributed by atoms with Crippen molar-refractivity contribution >= 4 is 17.9 Å². The van der Waals surface area contributed by atoms with Gasteiger partial charge in [0.15, 0.2) is 6.10 Å². The van der Waals surface area contributed by atoms with Crippen LogP contribution in [0.25, 0.3) is 0 Å². The molecular weight excluding hydrogens is 781 g/mol. The van der Waals surface area contributed by atoms with Crippen molar-refractivity contribution in [3.05, 3.63) is 97.2 Å². The standard InChI is InChI=1S/C57H94O6/c1-4-7-10-13-16-19-22-25-27-29-31-32-35-38-41-44-47-50-56(59)62-53-54(52-61-55(58)49-46-43-40-37-34-24-21-18-15-12-9-6-3)63-57(60)51-48-45-42-39-36-33-30-28-26-23-20-17-14-11-8-5-2/h7,9-10,12-13,16,18-19,21-22,25,27,29,31-32,35,54H,4-6,8,11,14-15,17,20,23-24,26,28,30,33-34,36-53H2,1-3H3/b10-7-,12-9-,16-13-,21-18-,22-19-,27-25-,31-29+,35-32-. The second-order valence-electron chi connectivity index (χ2n) is 16.8. The highest BCUT2D eigenvalue weighted by molar-refractivity contribution is 5.71. The fourth-order valence-corrected chi connectivity index (χ4v) is 6.92. The van der Waals surface area contributed by atoms with E-state index >= 15 is 0 Å². The molecule has 0 radical (unpaired) electrons. The number of hydrogen-bond acceptors (Lipinski definition) is 6. The van der Waals surface area contributed by atoms with Gasteiger partial charge < -0.3 is 14.2 Å². The normalized spacial score (nSPS) is 12.9. The van der Waals surface area contributed by atoms with Crippen molar-refractivity contribution in [3.8, 4) is 0 Å². The van der Waals surface area contributed by atoms with Crippen LogP contribution in [-0.4, -0.2) is 37.2 Å². The van der Waals surface area contributed by atoms with Crippen LogP contribution in [0.2, 0.25) is 0 Å². The Labute approximate surface area is 387 Å². The molecule has 0 rings (SSSR count). The lowest BCUT2D eigenvalue weighted by Crippen LogP contribution is -2.30. The number of ether oxygens (including phenoxy) is 3. The molecule has 0 saturated heterocycles. The average Bonchev–Trinajstić information content (AvgIpc) is 3.28. The third-order valence-corrected chi connectivity index (χ3v) is 10.7. The minimum absolute atomic E-state index is 0.0991. The van der Waals surface area contributed by atoms with Gasteiger partial charge in [0.1, 0.15) is 13.2 Å². The summed E-state index contributed by atoms with van der Waals surface area (Å²) >= 11 is 0. The van der Waals surface area contributed by atoms with Crippen LogP contribution in [0.5, 0.6) is 0 Å². The largest absolute Gasteiger partial charge is 0.462 e. The molecule has 0 aliphatic heterocycles. The monoisotopic (exact) mass is 875 g/mol. The van der Waals surface area contributed by atoms with Crippen molar-refractivity contribution in [1.29, 1.82) is 0 Å². The first-order chi connectivity index (χ1) is 31.0. The third-order valence-electron chi connectivity index (χ3n) is 10.7. The van der Waals surface area contributed by atoms with E-state index in [4.69, 9.17) is 14.2 Å². The Morgan fingerprint density at radius 1 is 0.349 bits per heavy atom. The van der Waals surface area contributed by atoms with E-state index in [0.717, 1.165) is 103 Å². The number of unbranched alkanes of at least 4 members (excludes halogenated alkanes) is 23. The van der Waals surface area contributed by atoms with E-state index in [-0.39, 0.29) is 31.1 Å². The predicted octanol–water partition coefficient (Wildman–Crippen LogP) is 17.0. The van der Waals surface area contributed by atoms with Gasteiger partial charge in [0.05, 0.1) is 0 Å². The van der Waals surface area contributed by atoms with Gasteiger partial charge in [-0.15, -0.1) is 0 Å². The summed E-state index contributed by atoms with van der Waals surface area (Å²) in [6.45, 7) is 6.33. The molecule has 0 N–H and O–H groups in total. The number of allylic oxidation sites excluding steroid dienone is 16. The van der Waals surface area contributed by atoms with E-state index in [2.05, 4.69) is 57.2 Å². The van der Waals surface area contributed by atoms with Crippen molar-refractivity contribution in [3.63, 3.8) is 0 Å². The summed E-state index contributed by atoms with van der Waals surface area (Å²) in [5, 5.41) is 0. The molecule has 0 aromatic rings. The van der Waals surface area contributed by atoms with Gasteiger partial charge in [-0.25, -0.2) is 0 Å². The highest BCUT2D eigenvalue weighted by Gasteiger charge is 2.19. The third kappa shape index (κ3) is 49.2. The van der Waals surface area contributed by atoms with Gasteiger partial charge in [0, 0.05) is 19.3 Å². The van der Waals surface area contributed by atoms with Crippen molar-refractivity contribution in [2.75, 3.05) is 13.2 Å². The molecule has 1 unspecified atom stereocenters. The summed E-state index contributed by atoms with van der Waals surface area (Å²) in [5.74, 6) is -0.958. The number of esters is 3. The first kappa shape index (κ1) is 59.3. The van der Waals surface area contributed by atoms with Gasteiger partial charge in [-0.1, -0.05) is 240 Å². The maximum absolute atomic E-state index is 12.8. The van der Waals surface area contributed by atoms with Gasteiger partial charge in [-0.3, -0.25) is 14.4 Å². The van der Waals surface area contributed by atoms with Gasteiger partial charge >= 0.3 is 17.9 Å². The SMILES string of the molecule is CC\C=C/C=C\C=C/C=C\C=C\C=C/CCCCCC(=O)OCC(COC(=O)CCCCCCC/C=C\C/C=C\CC)OC(=O)CCCCCCCCCCCCCCCCCC. The minimum atomic E-state index is -0.800. The molecule has 358 valence electrons. The number of hydrogen-bond donors (Lipinski definition) is 0. The van der Waals surface area contributed by atoms with E-state index in [1.54, 1.807) is 0 Å². The van der Waals surface area contributed by atoms with Crippen molar-refractivity contribution < 1.29 is 28.6 Å². The topological polar surface area (TPSA) is 78.9 Å². The Hall–Kier alpha value is -3.67. The van der Waals surface area contributed by atoms with Crippen molar-refractivity contribution in [1.82, 2.24) is 0 Å². The van der Waals surface area contributed by atoms with Crippen molar-refractivity contribution in [2.24, 2.45) is 0 Å². The van der Waals surface area contributed by atoms with Gasteiger partial charge in [-0.2, -0.15) is 0 Å². The van der Waals surface area contributed by atoms with Crippen molar-refractivity contribution in [2.45, 2.75) is 232 Å². The average molecular weight is 875 g/mol. The first-order valence-corrected chi connectivity index (χ1v) is 25.8. The molecule has 0 heterocycles. The van der Waals surface area contributed by atoms with E-state index in [9.17, 15) is 14.4 Å². The van der Waals surface area contributed by atoms with Crippen LogP contribution in [0.1, 0.15) is 226 Å². The van der Waals surface area contributed by atoms with Gasteiger partial charge in [0.2, 0.25) is 0 Å². The molecule has 1 atom stereocenters. The fraction of sp³-hybridized carbons (Fsp3) is 0.667. The molecule has 0 bridgehead atoms. The maximum atomic E-state index is 12.8. The van der Waals surface area contributed by atoms with E-state index in [0.29, 0.717) is 19.3 Å². The molecule has 63 heavy (non-hydrogen) atoms. The summed E-state index contributed by atoms with van der Waals surface area (Å²) < 4.78 is 16.8. The Balaban J connectivity index is 4.48. The highest BCUT2D eigenvalue weighted by Crippen LogP contribution is 2.15. The molecule has 6 heteroatoms. The summed E-state index contributed by atoms with van der Waals surface area (Å²) in [5.41, 5.74) is 0. The lowest BCUT2D eigenvalue weighted by Gasteiger charge is -2.18. The molecule has 0 aromatic heterocycles. The highest BCUT2D eigenvalue weighted by atomic mass is 16.6. The minimum Gasteiger partial charge on any atom is -0.462 e. The van der Waals surface area contributed by atoms with Gasteiger partial charge in [-0.05, 0) is 64.2 Å². The summed E-state index contributed by atoms with van der Waals surface area (Å²) in [4.78, 5) is 38.0. The Morgan fingerprint density at radius 2 is 0.698 bits per heavy atom. The second-order valence-corrected chi connectivity index (χ2v) is 16.8. The summed E-state index contributed by atoms with van der Waals surface area (Å²) in [6.07, 6.45) is 66.7. The van der Waals surface area contributed by atoms with Crippen LogP contribution < -0.4 is 0 Å². The Bertz CT molecular complexity index is 1280. The Morgan fingerprint density at radius 3 is 1.16 bits per heavy atom. The van der Waals surface area contributed by atoms with Crippen LogP contribution in [0.3, 0.4) is 0 Å². The van der Waals surface area contributed by atoms with E-state index < -0.39 is 6.10 Å². The van der Waals surface area contributed by atoms with Crippen LogP contribution in [0.15, 0.2) is 97.2 Å². The lowest BCUT2D eigenvalue weighted by molar-refractivity contribution is -0.167. The van der Waals surface area contributed by atoms with Crippen LogP contribution in [-0.2, 0) is 28.6 Å². The molecule has 0 aliphatic rings. The molecule has 0 amide bonds. The molecule has 0 aromatic carbocycles. The predicted molar refractivity (Wildman–Crippen MR) is 270 cm³/mol. The second kappa shape index (κ2) is 51.0. The zero-order chi connectivity index (χ0) is 45.8. The molecule has 0 saturated carbocycles. The van der Waals surface area contributed by atoms with Gasteiger partial charge in [0.25, 0.3) is 0 Å². The molecule has 0 fully saturated rings. The fourth-order valence-electron chi connectivity index (χ4n) is 6.92. The molecular formula is C57H94O6. The zero-order valence-electron chi connectivity index (χ0n) is 40.8. The first-order valence-electron chi connectivity index (χ1n) is 25.8. The quantitative estimate of drug-likeness (QED) is 0.0199. The van der Waals surface area contributed by atoms with Crippen LogP contribution >= 0.6 is 0 Å². The maximum Gasteiger partial charge on any atom is 0.306 e. The molecule has 6 nitrogen and oxygen atoms in total. The lowest BCUT2D eigenvalue weighted by atomic mass is 10.0. The zero-order valence-corrected chi connectivity index (χ0v) is 40.8. The smallest absolute Gasteiger partial charge is 0.306 e. The van der Waals surface area contributed by atoms with E-state index in [1.807, 2.05) is 60.8 Å². The number of rotatable bonds is 45. The van der Waals surface area contributed by atoms with Crippen LogP contribution in [0.4, 0.5) is 0 Å². The summed E-state index contributed by atoms with van der Waals surface area (Å²) in [7, 11) is 0. The molecule has 0 aliphatic carbocycles. The summed E-state index contributed by atoms with van der Waals surface area (Å²) in [6, 6.07) is 0. The van der Waals surface area contributed by atoms with E-state index in [1.165, 1.54) is 83.5 Å². The number of carbonyl (C=O) groups excluding carboxylic acids is 3. The number of carbonyl (C=O) groups is 3.